The maximum atomic E-state index is 12.0. The van der Waals surface area contributed by atoms with Crippen LogP contribution in [0.5, 0.6) is 0 Å². The molecular formula is C11H13N3O4. The second kappa shape index (κ2) is 4.25. The normalized spacial score (nSPS) is 23.1. The van der Waals surface area contributed by atoms with Crippen molar-refractivity contribution in [2.75, 3.05) is 13.1 Å². The van der Waals surface area contributed by atoms with Crippen molar-refractivity contribution >= 4 is 11.9 Å². The zero-order valence-electron chi connectivity index (χ0n) is 9.84. The van der Waals surface area contributed by atoms with Gasteiger partial charge in [0.1, 0.15) is 5.69 Å². The summed E-state index contributed by atoms with van der Waals surface area (Å²) in [7, 11) is 0. The molecule has 1 aromatic rings. The molecule has 96 valence electrons. The van der Waals surface area contributed by atoms with Gasteiger partial charge in [0.15, 0.2) is 0 Å². The molecule has 0 bridgehead atoms. The van der Waals surface area contributed by atoms with Crippen LogP contribution in [0.25, 0.3) is 0 Å². The molecule has 1 aromatic heterocycles. The second-order valence-corrected chi connectivity index (χ2v) is 4.65. The molecule has 0 saturated carbocycles. The smallest absolute Gasteiger partial charge is 0.311 e. The van der Waals surface area contributed by atoms with Crippen molar-refractivity contribution in [3.63, 3.8) is 0 Å². The Morgan fingerprint density at radius 1 is 1.50 bits per heavy atom. The van der Waals surface area contributed by atoms with Crippen molar-refractivity contribution in [1.82, 2.24) is 15.1 Å². The summed E-state index contributed by atoms with van der Waals surface area (Å²) in [6.07, 6.45) is 0.414. The fourth-order valence-electron chi connectivity index (χ4n) is 1.93. The first-order valence-electron chi connectivity index (χ1n) is 5.51. The number of hydrogen-bond acceptors (Lipinski definition) is 4. The molecule has 1 amide bonds. The van der Waals surface area contributed by atoms with Crippen LogP contribution in [0, 0.1) is 5.41 Å². The summed E-state index contributed by atoms with van der Waals surface area (Å²) in [4.78, 5) is 35.4. The largest absolute Gasteiger partial charge is 0.481 e. The molecule has 1 fully saturated rings. The summed E-state index contributed by atoms with van der Waals surface area (Å²) in [5, 5.41) is 14.9. The molecule has 7 nitrogen and oxygen atoms in total. The topological polar surface area (TPSA) is 103 Å². The Morgan fingerprint density at radius 3 is 2.72 bits per heavy atom. The van der Waals surface area contributed by atoms with Crippen LogP contribution in [-0.2, 0) is 4.79 Å². The maximum absolute atomic E-state index is 12.0. The first kappa shape index (κ1) is 12.3. The molecule has 18 heavy (non-hydrogen) atoms. The molecule has 7 heteroatoms. The number of aromatic amines is 1. The van der Waals surface area contributed by atoms with Gasteiger partial charge in [-0.1, -0.05) is 0 Å². The quantitative estimate of drug-likeness (QED) is 0.751. The van der Waals surface area contributed by atoms with Crippen LogP contribution >= 0.6 is 0 Å². The molecule has 0 radical (unpaired) electrons. The predicted molar refractivity (Wildman–Crippen MR) is 61.1 cm³/mol. The van der Waals surface area contributed by atoms with E-state index in [1.54, 1.807) is 6.92 Å². The Balaban J connectivity index is 2.15. The minimum Gasteiger partial charge on any atom is -0.481 e. The van der Waals surface area contributed by atoms with Gasteiger partial charge in [0.05, 0.1) is 5.41 Å². The zero-order chi connectivity index (χ0) is 13.3. The molecule has 0 spiro atoms. The van der Waals surface area contributed by atoms with Crippen molar-refractivity contribution in [1.29, 1.82) is 0 Å². The summed E-state index contributed by atoms with van der Waals surface area (Å²) in [5.74, 6) is -1.27. The van der Waals surface area contributed by atoms with Gasteiger partial charge in [-0.2, -0.15) is 5.10 Å². The van der Waals surface area contributed by atoms with Gasteiger partial charge in [0, 0.05) is 19.2 Å². The Kier molecular flexibility index (Phi) is 2.90. The van der Waals surface area contributed by atoms with Gasteiger partial charge in [-0.15, -0.1) is 0 Å². The molecule has 0 aromatic carbocycles. The highest BCUT2D eigenvalue weighted by Gasteiger charge is 2.42. The third-order valence-electron chi connectivity index (χ3n) is 3.18. The van der Waals surface area contributed by atoms with Crippen LogP contribution in [0.4, 0.5) is 0 Å². The van der Waals surface area contributed by atoms with E-state index in [2.05, 4.69) is 10.2 Å². The number of amides is 1. The first-order valence-corrected chi connectivity index (χ1v) is 5.51. The molecular weight excluding hydrogens is 238 g/mol. The zero-order valence-corrected chi connectivity index (χ0v) is 9.84. The number of hydrogen-bond donors (Lipinski definition) is 2. The lowest BCUT2D eigenvalue weighted by molar-refractivity contribution is -0.147. The van der Waals surface area contributed by atoms with Crippen LogP contribution in [0.15, 0.2) is 16.9 Å². The Bertz CT molecular complexity index is 533. The van der Waals surface area contributed by atoms with E-state index in [9.17, 15) is 14.4 Å². The summed E-state index contributed by atoms with van der Waals surface area (Å²) >= 11 is 0. The Labute approximate surface area is 102 Å². The van der Waals surface area contributed by atoms with Crippen molar-refractivity contribution in [2.24, 2.45) is 5.41 Å². The maximum Gasteiger partial charge on any atom is 0.311 e. The van der Waals surface area contributed by atoms with Crippen LogP contribution < -0.4 is 5.56 Å². The monoisotopic (exact) mass is 251 g/mol. The van der Waals surface area contributed by atoms with Gasteiger partial charge in [-0.25, -0.2) is 5.10 Å². The highest BCUT2D eigenvalue weighted by Crippen LogP contribution is 2.30. The van der Waals surface area contributed by atoms with Crippen LogP contribution in [0.3, 0.4) is 0 Å². The number of rotatable bonds is 2. The number of carboxylic acid groups (broad SMARTS) is 1. The van der Waals surface area contributed by atoms with Gasteiger partial charge in [0.25, 0.3) is 11.5 Å². The lowest BCUT2D eigenvalue weighted by Crippen LogP contribution is -2.35. The highest BCUT2D eigenvalue weighted by molar-refractivity contribution is 5.93. The number of carbonyl (C=O) groups excluding carboxylic acids is 1. The summed E-state index contributed by atoms with van der Waals surface area (Å²) in [5.41, 5.74) is -1.18. The number of carboxylic acids is 1. The molecule has 2 N–H and O–H groups in total. The molecule has 2 rings (SSSR count). The number of aliphatic carboxylic acids is 1. The molecule has 1 saturated heterocycles. The fraction of sp³-hybridized carbons (Fsp3) is 0.455. The number of aromatic nitrogens is 2. The van der Waals surface area contributed by atoms with Gasteiger partial charge in [-0.3, -0.25) is 14.4 Å². The van der Waals surface area contributed by atoms with Crippen LogP contribution in [-0.4, -0.2) is 45.2 Å². The van der Waals surface area contributed by atoms with E-state index in [0.29, 0.717) is 13.0 Å². The number of nitrogens with one attached hydrogen (secondary N) is 1. The summed E-state index contributed by atoms with van der Waals surface area (Å²) in [6, 6.07) is 2.55. The van der Waals surface area contributed by atoms with Crippen molar-refractivity contribution in [2.45, 2.75) is 13.3 Å². The molecule has 2 heterocycles. The molecule has 1 unspecified atom stereocenters. The predicted octanol–water partition coefficient (Wildman–Crippen LogP) is -0.293. The molecule has 1 atom stereocenters. The van der Waals surface area contributed by atoms with E-state index in [1.807, 2.05) is 0 Å². The van der Waals surface area contributed by atoms with Gasteiger partial charge < -0.3 is 10.0 Å². The number of nitrogens with zero attached hydrogens (tertiary/aromatic N) is 2. The Hall–Kier alpha value is -2.18. The van der Waals surface area contributed by atoms with Crippen molar-refractivity contribution < 1.29 is 14.7 Å². The lowest BCUT2D eigenvalue weighted by Gasteiger charge is -2.19. The second-order valence-electron chi connectivity index (χ2n) is 4.65. The average molecular weight is 251 g/mol. The van der Waals surface area contributed by atoms with E-state index < -0.39 is 11.4 Å². The van der Waals surface area contributed by atoms with Gasteiger partial charge in [-0.05, 0) is 19.4 Å². The van der Waals surface area contributed by atoms with Gasteiger partial charge in [0.2, 0.25) is 0 Å². The molecule has 0 aliphatic carbocycles. The van der Waals surface area contributed by atoms with E-state index in [-0.39, 0.29) is 23.7 Å². The van der Waals surface area contributed by atoms with Gasteiger partial charge >= 0.3 is 5.97 Å². The number of H-pyrrole nitrogens is 1. The van der Waals surface area contributed by atoms with Crippen LogP contribution in [0.1, 0.15) is 23.8 Å². The fourth-order valence-corrected chi connectivity index (χ4v) is 1.93. The van der Waals surface area contributed by atoms with E-state index in [4.69, 9.17) is 5.11 Å². The summed E-state index contributed by atoms with van der Waals surface area (Å²) in [6.45, 7) is 2.15. The average Bonchev–Trinajstić information content (AvgIpc) is 2.73. The van der Waals surface area contributed by atoms with Crippen molar-refractivity contribution in [3.8, 4) is 0 Å². The summed E-state index contributed by atoms with van der Waals surface area (Å²) < 4.78 is 0. The number of carbonyl (C=O) groups is 2. The Morgan fingerprint density at radius 2 is 2.22 bits per heavy atom. The SMILES string of the molecule is CC1(C(=O)O)CCN(C(=O)c2ccc(=O)[nH]n2)C1. The minimum atomic E-state index is -0.910. The van der Waals surface area contributed by atoms with Crippen LogP contribution in [0.2, 0.25) is 0 Å². The van der Waals surface area contributed by atoms with E-state index >= 15 is 0 Å². The van der Waals surface area contributed by atoms with E-state index in [1.165, 1.54) is 17.0 Å². The van der Waals surface area contributed by atoms with E-state index in [0.717, 1.165) is 0 Å². The molecule has 1 aliphatic heterocycles. The van der Waals surface area contributed by atoms with Crippen molar-refractivity contribution in [3.05, 3.63) is 28.2 Å². The lowest BCUT2D eigenvalue weighted by atomic mass is 9.90. The highest BCUT2D eigenvalue weighted by atomic mass is 16.4. The molecule has 1 aliphatic rings. The number of likely N-dealkylation sites (tertiary alicyclic amines) is 1. The first-order chi connectivity index (χ1) is 8.42. The standard InChI is InChI=1S/C11H13N3O4/c1-11(10(17)18)4-5-14(6-11)9(16)7-2-3-8(15)13-12-7/h2-3H,4-6H2,1H3,(H,13,15)(H,17,18). The third kappa shape index (κ3) is 2.11. The minimum absolute atomic E-state index is 0.115. The third-order valence-corrected chi connectivity index (χ3v) is 3.18.